The third kappa shape index (κ3) is 404000. The van der Waals surface area contributed by atoms with Crippen LogP contribution in [0.2, 0.25) is 0 Å². The Kier molecular flexibility index (Phi) is 8930. The molecule has 0 heterocycles. The molecule has 0 rings (SSSR count). The molecule has 0 atom stereocenters. The fraction of sp³-hybridized carbons (Fsp3) is 0.333. The van der Waals surface area contributed by atoms with Crippen molar-refractivity contribution in [3.8, 4) is 0 Å². The first-order valence-electron chi connectivity index (χ1n) is 3.94. The Balaban J connectivity index is -0.00000000665. The largest absolute Gasteiger partial charge is 0 e. The smallest absolute Gasteiger partial charge is 0 e. The minimum Gasteiger partial charge on any atom is 0 e. The second-order valence-corrected chi connectivity index (χ2v) is 3.46. The second-order valence-electron chi connectivity index (χ2n) is 1.15. The third-order valence-corrected chi connectivity index (χ3v) is 0. The van der Waals surface area contributed by atoms with Crippen molar-refractivity contribution < 1.29 is 79.3 Å². The Morgan fingerprint density at radius 1 is 0.333 bits per heavy atom. The predicted molar refractivity (Wildman–Crippen MR) is 74.6 cm³/mol. The summed E-state index contributed by atoms with van der Waals surface area (Å²) in [7, 11) is 1.50. The molecule has 0 fully saturated rings. The van der Waals surface area contributed by atoms with Crippen molar-refractivity contribution in [2.75, 3.05) is 26.7 Å². The average Bonchev–Trinajstić information content (AvgIpc) is 2.69. The van der Waals surface area contributed by atoms with Crippen molar-refractivity contribution in [3.05, 3.63) is 53.2 Å². The summed E-state index contributed by atoms with van der Waals surface area (Å²) < 4.78 is 60.0. The molecule has 0 aliphatic carbocycles. The quantitative estimate of drug-likeness (QED) is 0.185. The molecule has 0 aliphatic heterocycles. The van der Waals surface area contributed by atoms with Gasteiger partial charge in [0, 0.05) is 68.8 Å². The van der Waals surface area contributed by atoms with E-state index in [0.29, 0.717) is 0 Å². The summed E-state index contributed by atoms with van der Waals surface area (Å²) in [5.74, 6) is 0. The Labute approximate surface area is 175 Å². The number of hydrogen-bond donors (Lipinski definition) is 0. The van der Waals surface area contributed by atoms with Crippen LogP contribution in [0.1, 0.15) is 0 Å². The van der Waals surface area contributed by atoms with E-state index in [2.05, 4.69) is 79.9 Å². The van der Waals surface area contributed by atoms with Crippen molar-refractivity contribution in [1.29, 1.82) is 0 Å². The van der Waals surface area contributed by atoms with Gasteiger partial charge in [-0.2, -0.15) is 0 Å². The van der Waals surface area contributed by atoms with Crippen LogP contribution in [0.25, 0.3) is 0 Å². The van der Waals surface area contributed by atoms with Crippen LogP contribution in [0.4, 0.5) is 0 Å². The summed E-state index contributed by atoms with van der Waals surface area (Å²) in [6, 6.07) is 0. The van der Waals surface area contributed by atoms with E-state index >= 15 is 0 Å². The van der Waals surface area contributed by atoms with Crippen LogP contribution in [0.3, 0.4) is 0 Å². The van der Waals surface area contributed by atoms with E-state index in [1.54, 1.807) is 0 Å². The maximum absolute atomic E-state index is 7.50. The molecule has 0 spiro atoms. The van der Waals surface area contributed by atoms with Gasteiger partial charge < -0.3 is 0 Å². The standard InChI is InChI=1S/2C2H7P.8CO.2Mo/c2*1-3-2;8*1-2;;/h2*3H,1-2H3;;;;;;;;;;/p+2. The molecule has 0 aliphatic rings. The normalized spacial score (nSPS) is 2.17. The van der Waals surface area contributed by atoms with Gasteiger partial charge in [0.2, 0.25) is 0 Å². The van der Waals surface area contributed by atoms with Gasteiger partial charge in [-0.1, -0.05) is 0 Å². The number of hydrogen-bond acceptors (Lipinski definition) is 0. The summed E-state index contributed by atoms with van der Waals surface area (Å²) >= 11 is 0. The fourth-order valence-corrected chi connectivity index (χ4v) is 0. The maximum Gasteiger partial charge on any atom is 0 e. The zero-order valence-corrected chi connectivity index (χ0v) is 19.6. The van der Waals surface area contributed by atoms with Gasteiger partial charge in [0.05, 0.1) is 0 Å². The molecule has 0 bridgehead atoms. The summed E-state index contributed by atoms with van der Waals surface area (Å²) in [6.07, 6.45) is 0. The molecule has 0 unspecified atom stereocenters. The van der Waals surface area contributed by atoms with E-state index < -0.39 is 0 Å². The third-order valence-electron chi connectivity index (χ3n) is 0. The van der Waals surface area contributed by atoms with Gasteiger partial charge in [-0.3, -0.25) is 0 Å². The molecular formula is C12H16Mo2O8P2+2. The van der Waals surface area contributed by atoms with Crippen LogP contribution in [-0.4, -0.2) is 26.7 Å². The Morgan fingerprint density at radius 3 is 0.333 bits per heavy atom. The molecule has 8 nitrogen and oxygen atoms in total. The molecule has 0 saturated carbocycles. The molecule has 0 aromatic carbocycles. The molecule has 0 saturated heterocycles. The topological polar surface area (TPSA) is 159 Å². The molecule has 12 heteroatoms. The zero-order chi connectivity index (χ0) is 21.4. The molecule has 24 heavy (non-hydrogen) atoms. The van der Waals surface area contributed by atoms with Crippen LogP contribution < -0.4 is 0 Å². The van der Waals surface area contributed by atoms with E-state index in [-0.39, 0.29) is 42.1 Å². The van der Waals surface area contributed by atoms with Gasteiger partial charge in [0.1, 0.15) is 0 Å². The van der Waals surface area contributed by atoms with E-state index in [1.807, 2.05) is 0 Å². The van der Waals surface area contributed by atoms with Gasteiger partial charge in [0.15, 0.2) is 0 Å². The number of rotatable bonds is 0. The predicted octanol–water partition coefficient (Wildman–Crippen LogP) is 1.01. The Morgan fingerprint density at radius 2 is 0.333 bits per heavy atom. The van der Waals surface area contributed by atoms with Crippen molar-refractivity contribution >= 4 is 17.2 Å². The van der Waals surface area contributed by atoms with Crippen LogP contribution in [0.15, 0.2) is 0 Å². The minimum atomic E-state index is 0. The average molecular weight is 542 g/mol. The van der Waals surface area contributed by atoms with Crippen LogP contribution in [-0.2, 0) is 79.3 Å². The van der Waals surface area contributed by atoms with Gasteiger partial charge in [-0.25, -0.2) is 0 Å². The second kappa shape index (κ2) is 2440. The molecular weight excluding hydrogens is 526 g/mol. The minimum absolute atomic E-state index is 0. The molecule has 132 valence electrons. The Bertz CT molecular complexity index is 171. The van der Waals surface area contributed by atoms with Crippen LogP contribution in [0.5, 0.6) is 0 Å². The van der Waals surface area contributed by atoms with Gasteiger partial charge >= 0.3 is 90.4 Å². The summed E-state index contributed by atoms with van der Waals surface area (Å²) in [5.41, 5.74) is 0. The van der Waals surface area contributed by atoms with E-state index in [1.165, 1.54) is 0 Å². The monoisotopic (exact) mass is 546 g/mol. The van der Waals surface area contributed by atoms with E-state index in [9.17, 15) is 0 Å². The van der Waals surface area contributed by atoms with Crippen LogP contribution in [0, 0.1) is 53.2 Å². The van der Waals surface area contributed by atoms with Gasteiger partial charge in [-0.05, 0) is 17.2 Å². The maximum atomic E-state index is 7.50. The van der Waals surface area contributed by atoms with Gasteiger partial charge in [-0.15, -0.1) is 0 Å². The summed E-state index contributed by atoms with van der Waals surface area (Å²) in [6.45, 7) is 44.8. The summed E-state index contributed by atoms with van der Waals surface area (Å²) in [5, 5.41) is 0. The van der Waals surface area contributed by atoms with Crippen molar-refractivity contribution in [3.63, 3.8) is 0 Å². The zero-order valence-electron chi connectivity index (χ0n) is 13.2. The first-order chi connectivity index (χ1) is 10.8. The first kappa shape index (κ1) is 87.7. The van der Waals surface area contributed by atoms with Gasteiger partial charge in [0.25, 0.3) is 0 Å². The fourth-order valence-electron chi connectivity index (χ4n) is 0. The van der Waals surface area contributed by atoms with E-state index in [0.717, 1.165) is 17.2 Å². The van der Waals surface area contributed by atoms with Crippen molar-refractivity contribution in [2.45, 2.75) is 0 Å². The molecule has 0 aromatic rings. The van der Waals surface area contributed by atoms with Crippen molar-refractivity contribution in [2.24, 2.45) is 0 Å². The molecule has 0 amide bonds. The molecule has 0 aromatic heterocycles. The molecule has 0 N–H and O–H groups in total. The van der Waals surface area contributed by atoms with E-state index in [4.69, 9.17) is 37.2 Å². The SMILES string of the molecule is C[PH2+]C.C[PH2+]C.[C-]#[O+].[C-]#[O+].[C-]#[O+].[C-]#[O+].[C-]#[O+].[C-]#[O+].[C-]#[O+].[C-]#[O+].[Mo].[Mo]. The Hall–Kier alpha value is 0.157. The molecule has 0 radical (unpaired) electrons. The first-order valence-corrected chi connectivity index (χ1v) is 8.56. The van der Waals surface area contributed by atoms with Crippen LogP contribution >= 0.6 is 17.2 Å². The van der Waals surface area contributed by atoms with Crippen molar-refractivity contribution in [1.82, 2.24) is 0 Å². The summed E-state index contributed by atoms with van der Waals surface area (Å²) in [4.78, 5) is 0.